The summed E-state index contributed by atoms with van der Waals surface area (Å²) in [6.07, 6.45) is 0. The van der Waals surface area contributed by atoms with Crippen molar-refractivity contribution in [2.45, 2.75) is 0 Å². The molecule has 0 aliphatic rings. The molecule has 0 atom stereocenters. The molecule has 0 radical (unpaired) electrons. The Morgan fingerprint density at radius 3 is 1.52 bits per heavy atom. The number of ether oxygens (including phenoxy) is 7. The minimum absolute atomic E-state index is 0.0213. The van der Waals surface area contributed by atoms with Crippen LogP contribution in [0.15, 0.2) is 54.6 Å². The summed E-state index contributed by atoms with van der Waals surface area (Å²) in [6, 6.07) is 15.2. The number of methoxy groups -OCH3 is 7. The smallest absolute Gasteiger partial charge is 0.142 e. The van der Waals surface area contributed by atoms with Gasteiger partial charge in [-0.1, -0.05) is 0 Å². The number of rotatable bonds is 10. The van der Waals surface area contributed by atoms with Gasteiger partial charge in [-0.25, -0.2) is 0 Å². The Kier molecular flexibility index (Phi) is 8.33. The van der Waals surface area contributed by atoms with Crippen molar-refractivity contribution in [2.75, 3.05) is 49.8 Å². The second-order valence-electron chi connectivity index (χ2n) is 8.58. The van der Waals surface area contributed by atoms with Crippen LogP contribution in [0, 0.1) is 0 Å². The van der Waals surface area contributed by atoms with Crippen molar-refractivity contribution in [3.8, 4) is 85.1 Å². The van der Waals surface area contributed by atoms with Gasteiger partial charge in [-0.3, -0.25) is 0 Å². The average Bonchev–Trinajstić information content (AvgIpc) is 3.00. The van der Waals surface area contributed by atoms with Gasteiger partial charge < -0.3 is 43.4 Å². The Balaban J connectivity index is 2.11. The molecule has 0 bridgehead atoms. The Morgan fingerprint density at radius 2 is 0.950 bits per heavy atom. The van der Waals surface area contributed by atoms with Gasteiger partial charge in [-0.15, -0.1) is 0 Å². The van der Waals surface area contributed by atoms with Crippen LogP contribution in [0.4, 0.5) is 0 Å². The largest absolute Gasteiger partial charge is 0.507 e. The van der Waals surface area contributed by atoms with Crippen molar-refractivity contribution in [3.63, 3.8) is 0 Å². The molecule has 0 saturated heterocycles. The van der Waals surface area contributed by atoms with Crippen molar-refractivity contribution < 1.29 is 43.4 Å². The molecular weight excluding hydrogens is 516 g/mol. The zero-order valence-corrected chi connectivity index (χ0v) is 23.4. The van der Waals surface area contributed by atoms with Gasteiger partial charge in [0.25, 0.3) is 0 Å². The molecule has 4 rings (SSSR count). The first-order valence-corrected chi connectivity index (χ1v) is 12.2. The van der Waals surface area contributed by atoms with Crippen molar-refractivity contribution in [1.82, 2.24) is 0 Å². The van der Waals surface area contributed by atoms with E-state index in [4.69, 9.17) is 33.2 Å². The van der Waals surface area contributed by atoms with E-state index < -0.39 is 0 Å². The summed E-state index contributed by atoms with van der Waals surface area (Å²) in [5.41, 5.74) is 2.65. The summed E-state index contributed by atoms with van der Waals surface area (Å²) in [6.45, 7) is 0. The molecule has 0 fully saturated rings. The first-order valence-electron chi connectivity index (χ1n) is 12.2. The molecule has 210 valence electrons. The number of aromatic hydroxyl groups is 2. The van der Waals surface area contributed by atoms with E-state index in [0.29, 0.717) is 67.9 Å². The van der Waals surface area contributed by atoms with E-state index in [1.165, 1.54) is 41.6 Å². The minimum Gasteiger partial charge on any atom is -0.507 e. The molecule has 4 aromatic carbocycles. The quantitative estimate of drug-likeness (QED) is 0.241. The molecule has 0 aliphatic carbocycles. The maximum atomic E-state index is 11.8. The molecule has 0 heterocycles. The third kappa shape index (κ3) is 4.93. The van der Waals surface area contributed by atoms with Crippen LogP contribution in [0.3, 0.4) is 0 Å². The lowest BCUT2D eigenvalue weighted by molar-refractivity contribution is 0.378. The van der Waals surface area contributed by atoms with Gasteiger partial charge >= 0.3 is 0 Å². The summed E-state index contributed by atoms with van der Waals surface area (Å²) in [7, 11) is 10.7. The van der Waals surface area contributed by atoms with Crippen LogP contribution in [-0.2, 0) is 0 Å². The third-order valence-electron chi connectivity index (χ3n) is 6.61. The molecule has 0 aromatic heterocycles. The number of hydrogen-bond donors (Lipinski definition) is 2. The molecular formula is C31H32O9. The lowest BCUT2D eigenvalue weighted by Crippen LogP contribution is -2.01. The maximum absolute atomic E-state index is 11.8. The molecule has 2 N–H and O–H groups in total. The van der Waals surface area contributed by atoms with Crippen molar-refractivity contribution in [1.29, 1.82) is 0 Å². The van der Waals surface area contributed by atoms with E-state index >= 15 is 0 Å². The lowest BCUT2D eigenvalue weighted by Gasteiger charge is -2.23. The van der Waals surface area contributed by atoms with Gasteiger partial charge in [0.2, 0.25) is 0 Å². The molecule has 9 heteroatoms. The van der Waals surface area contributed by atoms with Crippen LogP contribution in [0.2, 0.25) is 0 Å². The highest BCUT2D eigenvalue weighted by Gasteiger charge is 2.28. The van der Waals surface area contributed by atoms with E-state index in [-0.39, 0.29) is 17.2 Å². The van der Waals surface area contributed by atoms with Crippen LogP contribution in [0.5, 0.6) is 51.7 Å². The van der Waals surface area contributed by atoms with Gasteiger partial charge in [0, 0.05) is 34.4 Å². The molecule has 0 unspecified atom stereocenters. The summed E-state index contributed by atoms with van der Waals surface area (Å²) in [4.78, 5) is 0. The summed E-state index contributed by atoms with van der Waals surface area (Å²) in [5, 5.41) is 22.6. The van der Waals surface area contributed by atoms with Crippen molar-refractivity contribution in [2.24, 2.45) is 0 Å². The fourth-order valence-electron chi connectivity index (χ4n) is 4.63. The van der Waals surface area contributed by atoms with Gasteiger partial charge in [0.15, 0.2) is 0 Å². The van der Waals surface area contributed by atoms with E-state index in [0.717, 1.165) is 0 Å². The minimum atomic E-state index is -0.0770. The fraction of sp³-hybridized carbons (Fsp3) is 0.226. The third-order valence-corrected chi connectivity index (χ3v) is 6.61. The van der Waals surface area contributed by atoms with Crippen LogP contribution >= 0.6 is 0 Å². The molecule has 40 heavy (non-hydrogen) atoms. The zero-order valence-electron chi connectivity index (χ0n) is 23.4. The highest BCUT2D eigenvalue weighted by molar-refractivity contribution is 5.96. The van der Waals surface area contributed by atoms with Crippen LogP contribution in [-0.4, -0.2) is 60.0 Å². The highest BCUT2D eigenvalue weighted by Crippen LogP contribution is 2.55. The Labute approximate surface area is 233 Å². The van der Waals surface area contributed by atoms with Crippen LogP contribution in [0.25, 0.3) is 33.4 Å². The summed E-state index contributed by atoms with van der Waals surface area (Å²) in [5.74, 6) is 3.00. The van der Waals surface area contributed by atoms with Crippen LogP contribution in [0.1, 0.15) is 0 Å². The molecule has 0 aliphatic heterocycles. The number of phenolic OH excluding ortho intramolecular Hbond substituents is 2. The number of phenols is 2. The fourth-order valence-corrected chi connectivity index (χ4v) is 4.63. The van der Waals surface area contributed by atoms with Crippen molar-refractivity contribution in [3.05, 3.63) is 54.6 Å². The number of hydrogen-bond acceptors (Lipinski definition) is 9. The zero-order chi connectivity index (χ0) is 29.0. The van der Waals surface area contributed by atoms with Crippen LogP contribution < -0.4 is 33.2 Å². The first kappa shape index (κ1) is 28.1. The van der Waals surface area contributed by atoms with E-state index in [1.54, 1.807) is 62.8 Å². The predicted molar refractivity (Wildman–Crippen MR) is 152 cm³/mol. The van der Waals surface area contributed by atoms with E-state index in [9.17, 15) is 10.2 Å². The Morgan fingerprint density at radius 1 is 0.425 bits per heavy atom. The summed E-state index contributed by atoms with van der Waals surface area (Å²) < 4.78 is 39.4. The molecule has 9 nitrogen and oxygen atoms in total. The van der Waals surface area contributed by atoms with Gasteiger partial charge in [-0.05, 0) is 42.5 Å². The lowest BCUT2D eigenvalue weighted by atomic mass is 9.91. The Hall–Kier alpha value is -4.92. The topological polar surface area (TPSA) is 105 Å². The standard InChI is InChI=1S/C31H32O9/c1-34-17-9-11-24(32)22(12-17)28-26(38-5)16-27(39-6)29(31(28)40-7)23-14-19(36-3)13-21(30(23)33)20-10-8-18(35-2)15-25(20)37-4/h8-16,32-33H,1-7H3. The molecule has 0 spiro atoms. The normalized spacial score (nSPS) is 10.6. The molecule has 0 amide bonds. The van der Waals surface area contributed by atoms with Gasteiger partial charge in [-0.2, -0.15) is 0 Å². The molecule has 4 aromatic rings. The van der Waals surface area contributed by atoms with E-state index in [1.807, 2.05) is 0 Å². The average molecular weight is 549 g/mol. The predicted octanol–water partition coefficient (Wildman–Crippen LogP) is 6.16. The van der Waals surface area contributed by atoms with Crippen molar-refractivity contribution >= 4 is 0 Å². The second-order valence-corrected chi connectivity index (χ2v) is 8.58. The SMILES string of the molecule is COc1ccc(-c2cc(OC)cc(-c3c(OC)cc(OC)c(-c4cc(OC)ccc4O)c3OC)c2O)c(OC)c1. The monoisotopic (exact) mass is 548 g/mol. The second kappa shape index (κ2) is 11.9. The van der Waals surface area contributed by atoms with E-state index in [2.05, 4.69) is 0 Å². The molecule has 0 saturated carbocycles. The maximum Gasteiger partial charge on any atom is 0.142 e. The summed E-state index contributed by atoms with van der Waals surface area (Å²) >= 11 is 0. The highest BCUT2D eigenvalue weighted by atomic mass is 16.5. The first-order chi connectivity index (χ1) is 19.3. The number of benzene rings is 4. The Bertz CT molecular complexity index is 1530. The van der Waals surface area contributed by atoms with Gasteiger partial charge in [0.1, 0.15) is 51.7 Å². The van der Waals surface area contributed by atoms with Gasteiger partial charge in [0.05, 0.1) is 60.9 Å².